The zero-order chi connectivity index (χ0) is 11.9. The fourth-order valence-corrected chi connectivity index (χ4v) is 2.44. The van der Waals surface area contributed by atoms with Crippen molar-refractivity contribution in [2.75, 3.05) is 11.4 Å². The van der Waals surface area contributed by atoms with Crippen molar-refractivity contribution >= 4 is 34.8 Å². The van der Waals surface area contributed by atoms with Crippen molar-refractivity contribution in [2.24, 2.45) is 0 Å². The van der Waals surface area contributed by atoms with Crippen molar-refractivity contribution in [3.05, 3.63) is 28.3 Å². The third-order valence-electron chi connectivity index (χ3n) is 2.85. The van der Waals surface area contributed by atoms with Gasteiger partial charge in [0.15, 0.2) is 0 Å². The standard InChI is InChI=1S/C12H13Cl2NO/c1-7-4-11(8(2)3-10(7)14)15-6-9(13)5-12(15)16/h3-4,9H,5-6H2,1-2H3. The van der Waals surface area contributed by atoms with Gasteiger partial charge >= 0.3 is 0 Å². The van der Waals surface area contributed by atoms with Gasteiger partial charge in [-0.1, -0.05) is 11.6 Å². The molecular weight excluding hydrogens is 245 g/mol. The van der Waals surface area contributed by atoms with Crippen molar-refractivity contribution in [3.63, 3.8) is 0 Å². The Morgan fingerprint density at radius 2 is 2.00 bits per heavy atom. The summed E-state index contributed by atoms with van der Waals surface area (Å²) in [5.41, 5.74) is 2.91. The minimum atomic E-state index is -0.0807. The fraction of sp³-hybridized carbons (Fsp3) is 0.417. The van der Waals surface area contributed by atoms with Crippen LogP contribution in [0.3, 0.4) is 0 Å². The lowest BCUT2D eigenvalue weighted by molar-refractivity contribution is -0.117. The molecule has 0 aromatic heterocycles. The molecule has 1 aliphatic heterocycles. The molecule has 86 valence electrons. The molecule has 0 aliphatic carbocycles. The van der Waals surface area contributed by atoms with E-state index in [0.717, 1.165) is 21.8 Å². The first-order chi connectivity index (χ1) is 7.49. The van der Waals surface area contributed by atoms with Crippen LogP contribution in [-0.4, -0.2) is 17.8 Å². The van der Waals surface area contributed by atoms with Crippen molar-refractivity contribution < 1.29 is 4.79 Å². The smallest absolute Gasteiger partial charge is 0.228 e. The lowest BCUT2D eigenvalue weighted by Gasteiger charge is -2.19. The number of alkyl halides is 1. The molecule has 1 amide bonds. The van der Waals surface area contributed by atoms with Crippen molar-refractivity contribution in [3.8, 4) is 0 Å². The summed E-state index contributed by atoms with van der Waals surface area (Å²) >= 11 is 12.0. The predicted octanol–water partition coefficient (Wildman–Crippen LogP) is 3.30. The highest BCUT2D eigenvalue weighted by atomic mass is 35.5. The van der Waals surface area contributed by atoms with Crippen molar-refractivity contribution in [2.45, 2.75) is 25.6 Å². The van der Waals surface area contributed by atoms with Gasteiger partial charge in [-0.3, -0.25) is 4.79 Å². The maximum atomic E-state index is 11.7. The van der Waals surface area contributed by atoms with Crippen LogP contribution in [0.5, 0.6) is 0 Å². The normalized spacial score (nSPS) is 20.6. The first-order valence-corrected chi connectivity index (χ1v) is 6.01. The highest BCUT2D eigenvalue weighted by Crippen LogP contribution is 2.31. The van der Waals surface area contributed by atoms with E-state index in [2.05, 4.69) is 0 Å². The second-order valence-corrected chi connectivity index (χ2v) is 5.22. The van der Waals surface area contributed by atoms with Gasteiger partial charge in [0.25, 0.3) is 0 Å². The van der Waals surface area contributed by atoms with Crippen molar-refractivity contribution in [1.82, 2.24) is 0 Å². The molecule has 1 fully saturated rings. The number of hydrogen-bond donors (Lipinski definition) is 0. The number of amides is 1. The number of hydrogen-bond acceptors (Lipinski definition) is 1. The summed E-state index contributed by atoms with van der Waals surface area (Å²) in [6.45, 7) is 4.47. The van der Waals surface area contributed by atoms with Gasteiger partial charge in [0.05, 0.1) is 5.38 Å². The summed E-state index contributed by atoms with van der Waals surface area (Å²) in [4.78, 5) is 13.5. The minimum absolute atomic E-state index is 0.0807. The molecule has 0 saturated carbocycles. The van der Waals surface area contributed by atoms with Gasteiger partial charge in [0.2, 0.25) is 5.91 Å². The van der Waals surface area contributed by atoms with Gasteiger partial charge in [-0.2, -0.15) is 0 Å². The molecular formula is C12H13Cl2NO. The number of nitrogens with zero attached hydrogens (tertiary/aromatic N) is 1. The molecule has 1 heterocycles. The van der Waals surface area contributed by atoms with Crippen LogP contribution in [0, 0.1) is 13.8 Å². The number of anilines is 1. The summed E-state index contributed by atoms with van der Waals surface area (Å²) in [6, 6.07) is 3.84. The predicted molar refractivity (Wildman–Crippen MR) is 67.5 cm³/mol. The average molecular weight is 258 g/mol. The number of benzene rings is 1. The maximum absolute atomic E-state index is 11.7. The monoisotopic (exact) mass is 257 g/mol. The van der Waals surface area contributed by atoms with Crippen LogP contribution in [0.1, 0.15) is 17.5 Å². The Hall–Kier alpha value is -0.730. The summed E-state index contributed by atoms with van der Waals surface area (Å²) < 4.78 is 0. The van der Waals surface area contributed by atoms with Gasteiger partial charge in [-0.25, -0.2) is 0 Å². The van der Waals surface area contributed by atoms with Crippen LogP contribution in [0.2, 0.25) is 5.02 Å². The van der Waals surface area contributed by atoms with Crippen LogP contribution in [0.4, 0.5) is 5.69 Å². The highest BCUT2D eigenvalue weighted by Gasteiger charge is 2.30. The third-order valence-corrected chi connectivity index (χ3v) is 3.55. The zero-order valence-electron chi connectivity index (χ0n) is 9.26. The molecule has 2 rings (SSSR count). The van der Waals surface area contributed by atoms with E-state index in [4.69, 9.17) is 23.2 Å². The van der Waals surface area contributed by atoms with Gasteiger partial charge in [-0.05, 0) is 37.1 Å². The Morgan fingerprint density at radius 1 is 1.31 bits per heavy atom. The van der Waals surface area contributed by atoms with E-state index in [9.17, 15) is 4.79 Å². The molecule has 0 spiro atoms. The number of rotatable bonds is 1. The number of carbonyl (C=O) groups is 1. The van der Waals surface area contributed by atoms with Gasteiger partial charge in [0, 0.05) is 23.7 Å². The van der Waals surface area contributed by atoms with E-state index in [1.165, 1.54) is 0 Å². The second kappa shape index (κ2) is 4.27. The van der Waals surface area contributed by atoms with Crippen molar-refractivity contribution in [1.29, 1.82) is 0 Å². The fourth-order valence-electron chi connectivity index (χ4n) is 1.95. The molecule has 16 heavy (non-hydrogen) atoms. The average Bonchev–Trinajstić information content (AvgIpc) is 2.51. The van der Waals surface area contributed by atoms with Gasteiger partial charge < -0.3 is 4.90 Å². The second-order valence-electron chi connectivity index (χ2n) is 4.19. The van der Waals surface area contributed by atoms with Gasteiger partial charge in [0.1, 0.15) is 0 Å². The molecule has 0 N–H and O–H groups in total. The lowest BCUT2D eigenvalue weighted by Crippen LogP contribution is -2.25. The van der Waals surface area contributed by atoms with E-state index in [0.29, 0.717) is 13.0 Å². The molecule has 1 atom stereocenters. The van der Waals surface area contributed by atoms with E-state index in [1.807, 2.05) is 26.0 Å². The Bertz CT molecular complexity index is 445. The molecule has 4 heteroatoms. The summed E-state index contributed by atoms with van der Waals surface area (Å²) in [5, 5.41) is 0.651. The first kappa shape index (κ1) is 11.7. The number of halogens is 2. The van der Waals surface area contributed by atoms with E-state index < -0.39 is 0 Å². The summed E-state index contributed by atoms with van der Waals surface area (Å²) in [5.74, 6) is 0.0878. The maximum Gasteiger partial charge on any atom is 0.228 e. The Labute approximate surface area is 105 Å². The number of aryl methyl sites for hydroxylation is 2. The largest absolute Gasteiger partial charge is 0.311 e. The summed E-state index contributed by atoms with van der Waals surface area (Å²) in [6.07, 6.45) is 0.419. The Balaban J connectivity index is 2.41. The molecule has 1 aromatic rings. The van der Waals surface area contributed by atoms with E-state index in [1.54, 1.807) is 4.90 Å². The van der Waals surface area contributed by atoms with Crippen LogP contribution in [-0.2, 0) is 4.79 Å². The van der Waals surface area contributed by atoms with Crippen LogP contribution < -0.4 is 4.90 Å². The molecule has 1 aliphatic rings. The first-order valence-electron chi connectivity index (χ1n) is 5.20. The Morgan fingerprint density at radius 3 is 2.56 bits per heavy atom. The lowest BCUT2D eigenvalue weighted by atomic mass is 10.1. The topological polar surface area (TPSA) is 20.3 Å². The van der Waals surface area contributed by atoms with Crippen LogP contribution in [0.15, 0.2) is 12.1 Å². The molecule has 1 aromatic carbocycles. The van der Waals surface area contributed by atoms with E-state index >= 15 is 0 Å². The molecule has 0 radical (unpaired) electrons. The molecule has 1 saturated heterocycles. The third kappa shape index (κ3) is 2.04. The summed E-state index contributed by atoms with van der Waals surface area (Å²) in [7, 11) is 0. The molecule has 1 unspecified atom stereocenters. The van der Waals surface area contributed by atoms with Gasteiger partial charge in [-0.15, -0.1) is 11.6 Å². The Kier molecular flexibility index (Phi) is 3.13. The van der Waals surface area contributed by atoms with Crippen LogP contribution >= 0.6 is 23.2 Å². The number of carbonyl (C=O) groups excluding carboxylic acids is 1. The van der Waals surface area contributed by atoms with E-state index in [-0.39, 0.29) is 11.3 Å². The quantitative estimate of drug-likeness (QED) is 0.708. The minimum Gasteiger partial charge on any atom is -0.311 e. The zero-order valence-corrected chi connectivity index (χ0v) is 10.8. The highest BCUT2D eigenvalue weighted by molar-refractivity contribution is 6.31. The molecule has 2 nitrogen and oxygen atoms in total. The van der Waals surface area contributed by atoms with Crippen LogP contribution in [0.25, 0.3) is 0 Å². The molecule has 0 bridgehead atoms. The SMILES string of the molecule is Cc1cc(N2CC(Cl)CC2=O)c(C)cc1Cl.